The van der Waals surface area contributed by atoms with E-state index >= 15 is 0 Å². The number of amides is 1. The lowest BCUT2D eigenvalue weighted by Crippen LogP contribution is -2.64. The minimum Gasteiger partial charge on any atom is -0.336 e. The number of rotatable bonds is 0. The van der Waals surface area contributed by atoms with E-state index in [1.54, 1.807) is 0 Å². The van der Waals surface area contributed by atoms with Crippen molar-refractivity contribution >= 4 is 17.5 Å². The monoisotopic (exact) mass is 167 g/mol. The van der Waals surface area contributed by atoms with Crippen LogP contribution in [-0.4, -0.2) is 36.8 Å². The molecule has 2 rings (SSSR count). The number of carbonyl (C=O) groups excluding carboxylic acids is 1. The maximum absolute atomic E-state index is 11.2. The average molecular weight is 167 g/mol. The molecular weight excluding hydrogens is 158 g/mol. The molecule has 1 fully saturated rings. The van der Waals surface area contributed by atoms with Crippen LogP contribution in [0.4, 0.5) is 0 Å². The number of hydrogen-bond acceptors (Lipinski definition) is 5. The Morgan fingerprint density at radius 1 is 1.33 bits per heavy atom. The van der Waals surface area contributed by atoms with Gasteiger partial charge in [-0.3, -0.25) is 20.5 Å². The normalized spacial score (nSPS) is 27.8. The molecule has 0 aromatic rings. The Balaban J connectivity index is 2.29. The first-order chi connectivity index (χ1) is 5.77. The second-order valence-corrected chi connectivity index (χ2v) is 2.56. The Labute approximate surface area is 68.9 Å². The molecule has 64 valence electrons. The number of nitrogens with one attached hydrogen (secondary N) is 2. The summed E-state index contributed by atoms with van der Waals surface area (Å²) in [5.41, 5.74) is 5.82. The molecule has 0 saturated carbocycles. The predicted molar refractivity (Wildman–Crippen MR) is 43.9 cm³/mol. The van der Waals surface area contributed by atoms with Crippen LogP contribution in [0.15, 0.2) is 9.98 Å². The van der Waals surface area contributed by atoms with Crippen LogP contribution in [0.3, 0.4) is 0 Å². The van der Waals surface area contributed by atoms with E-state index in [4.69, 9.17) is 5.73 Å². The molecule has 6 heteroatoms. The third-order valence-corrected chi connectivity index (χ3v) is 1.66. The van der Waals surface area contributed by atoms with E-state index in [1.165, 1.54) is 0 Å². The van der Waals surface area contributed by atoms with Crippen LogP contribution in [0.2, 0.25) is 0 Å². The molecule has 2 heterocycles. The van der Waals surface area contributed by atoms with E-state index in [1.807, 2.05) is 0 Å². The lowest BCUT2D eigenvalue weighted by atomic mass is 10.2. The molecule has 1 unspecified atom stereocenters. The zero-order valence-electron chi connectivity index (χ0n) is 6.37. The SMILES string of the molecule is NC1NC(=O)C2=NCCN=C2N1. The van der Waals surface area contributed by atoms with Gasteiger partial charge in [0.2, 0.25) is 0 Å². The van der Waals surface area contributed by atoms with Gasteiger partial charge in [-0.05, 0) is 0 Å². The summed E-state index contributed by atoms with van der Waals surface area (Å²) < 4.78 is 0. The van der Waals surface area contributed by atoms with Gasteiger partial charge in [-0.1, -0.05) is 0 Å². The third-order valence-electron chi connectivity index (χ3n) is 1.66. The molecule has 2 aliphatic rings. The van der Waals surface area contributed by atoms with Crippen molar-refractivity contribution < 1.29 is 4.79 Å². The zero-order chi connectivity index (χ0) is 8.55. The van der Waals surface area contributed by atoms with Crippen molar-refractivity contribution in [2.24, 2.45) is 15.7 Å². The van der Waals surface area contributed by atoms with Crippen molar-refractivity contribution in [1.29, 1.82) is 0 Å². The number of amidine groups is 1. The molecule has 0 bridgehead atoms. The summed E-state index contributed by atoms with van der Waals surface area (Å²) in [6, 6.07) is 0. The number of nitrogens with zero attached hydrogens (tertiary/aromatic N) is 2. The van der Waals surface area contributed by atoms with E-state index in [2.05, 4.69) is 20.6 Å². The highest BCUT2D eigenvalue weighted by Crippen LogP contribution is 1.96. The van der Waals surface area contributed by atoms with Crippen molar-refractivity contribution in [2.45, 2.75) is 6.29 Å². The topological polar surface area (TPSA) is 91.9 Å². The highest BCUT2D eigenvalue weighted by Gasteiger charge is 2.27. The molecule has 2 aliphatic heterocycles. The highest BCUT2D eigenvalue weighted by atomic mass is 16.2. The summed E-state index contributed by atoms with van der Waals surface area (Å²) in [5, 5.41) is 5.31. The van der Waals surface area contributed by atoms with Crippen LogP contribution in [-0.2, 0) is 4.79 Å². The van der Waals surface area contributed by atoms with Gasteiger partial charge < -0.3 is 10.6 Å². The number of carbonyl (C=O) groups is 1. The molecule has 0 aromatic heterocycles. The first-order valence-electron chi connectivity index (χ1n) is 3.69. The summed E-state index contributed by atoms with van der Waals surface area (Å²) in [7, 11) is 0. The minimum absolute atomic E-state index is 0.250. The van der Waals surface area contributed by atoms with Gasteiger partial charge in [0.1, 0.15) is 0 Å². The Bertz CT molecular complexity index is 282. The first kappa shape index (κ1) is 7.23. The maximum atomic E-state index is 11.2. The van der Waals surface area contributed by atoms with E-state index in [9.17, 15) is 4.79 Å². The lowest BCUT2D eigenvalue weighted by Gasteiger charge is -2.26. The second-order valence-electron chi connectivity index (χ2n) is 2.56. The molecule has 4 N–H and O–H groups in total. The van der Waals surface area contributed by atoms with Gasteiger partial charge in [0, 0.05) is 0 Å². The standard InChI is InChI=1S/C6H9N5O/c7-6-10-4-3(5(12)11-6)8-1-2-9-4/h6H,1-2,7H2,(H,9,10)(H,11,12). The fraction of sp³-hybridized carbons (Fsp3) is 0.500. The first-order valence-corrected chi connectivity index (χ1v) is 3.69. The van der Waals surface area contributed by atoms with Crippen LogP contribution in [0.1, 0.15) is 0 Å². The molecule has 0 aromatic carbocycles. The number of hydrogen-bond donors (Lipinski definition) is 3. The summed E-state index contributed by atoms with van der Waals surface area (Å²) in [5.74, 6) is 0.261. The lowest BCUT2D eigenvalue weighted by molar-refractivity contribution is -0.115. The van der Waals surface area contributed by atoms with Gasteiger partial charge in [0.25, 0.3) is 5.91 Å². The van der Waals surface area contributed by atoms with Crippen molar-refractivity contribution in [2.75, 3.05) is 13.1 Å². The van der Waals surface area contributed by atoms with E-state index < -0.39 is 6.29 Å². The van der Waals surface area contributed by atoms with E-state index in [0.29, 0.717) is 24.6 Å². The molecule has 12 heavy (non-hydrogen) atoms. The van der Waals surface area contributed by atoms with Crippen molar-refractivity contribution in [3.05, 3.63) is 0 Å². The summed E-state index contributed by atoms with van der Waals surface area (Å²) in [4.78, 5) is 19.3. The minimum atomic E-state index is -0.548. The van der Waals surface area contributed by atoms with Crippen LogP contribution in [0.5, 0.6) is 0 Å². The third kappa shape index (κ3) is 1.06. The Morgan fingerprint density at radius 3 is 2.92 bits per heavy atom. The van der Waals surface area contributed by atoms with Gasteiger partial charge >= 0.3 is 0 Å². The van der Waals surface area contributed by atoms with Crippen LogP contribution in [0.25, 0.3) is 0 Å². The predicted octanol–water partition coefficient (Wildman–Crippen LogP) is -2.20. The number of fused-ring (bicyclic) bond motifs is 1. The van der Waals surface area contributed by atoms with Crippen molar-refractivity contribution in [3.63, 3.8) is 0 Å². The van der Waals surface area contributed by atoms with Gasteiger partial charge in [-0.15, -0.1) is 0 Å². The van der Waals surface area contributed by atoms with Gasteiger partial charge in [0.05, 0.1) is 13.1 Å². The maximum Gasteiger partial charge on any atom is 0.275 e. The Kier molecular flexibility index (Phi) is 1.54. The Morgan fingerprint density at radius 2 is 2.08 bits per heavy atom. The van der Waals surface area contributed by atoms with E-state index in [-0.39, 0.29) is 5.91 Å². The largest absolute Gasteiger partial charge is 0.336 e. The van der Waals surface area contributed by atoms with Crippen molar-refractivity contribution in [1.82, 2.24) is 10.6 Å². The zero-order valence-corrected chi connectivity index (χ0v) is 6.37. The fourth-order valence-electron chi connectivity index (χ4n) is 1.16. The molecule has 0 aliphatic carbocycles. The number of aliphatic imine (C=N–C) groups is 2. The molecule has 1 amide bonds. The van der Waals surface area contributed by atoms with Crippen LogP contribution < -0.4 is 16.4 Å². The second kappa shape index (κ2) is 2.56. The molecule has 0 spiro atoms. The molecule has 6 nitrogen and oxygen atoms in total. The average Bonchev–Trinajstić information content (AvgIpc) is 2.04. The quantitative estimate of drug-likeness (QED) is 0.382. The summed E-state index contributed by atoms with van der Waals surface area (Å²) in [6.07, 6.45) is -0.548. The summed E-state index contributed by atoms with van der Waals surface area (Å²) in [6.45, 7) is 1.19. The van der Waals surface area contributed by atoms with Gasteiger partial charge in [-0.2, -0.15) is 0 Å². The van der Waals surface area contributed by atoms with Gasteiger partial charge in [0.15, 0.2) is 17.8 Å². The van der Waals surface area contributed by atoms with Crippen LogP contribution >= 0.6 is 0 Å². The smallest absolute Gasteiger partial charge is 0.275 e. The molecule has 1 saturated heterocycles. The van der Waals surface area contributed by atoms with Crippen LogP contribution in [0, 0.1) is 0 Å². The van der Waals surface area contributed by atoms with Gasteiger partial charge in [-0.25, -0.2) is 0 Å². The molecule has 1 atom stereocenters. The molecule has 0 radical (unpaired) electrons. The fourth-order valence-corrected chi connectivity index (χ4v) is 1.16. The highest BCUT2D eigenvalue weighted by molar-refractivity contribution is 6.67. The van der Waals surface area contributed by atoms with E-state index in [0.717, 1.165) is 0 Å². The Hall–Kier alpha value is -1.43. The van der Waals surface area contributed by atoms with Crippen molar-refractivity contribution in [3.8, 4) is 0 Å². The molecular formula is C6H9N5O. The summed E-state index contributed by atoms with van der Waals surface area (Å²) >= 11 is 0. The number of nitrogens with two attached hydrogens (primary N) is 1.